The molecule has 7 heteroatoms. The van der Waals surface area contributed by atoms with Crippen molar-refractivity contribution in [1.82, 2.24) is 9.38 Å². The van der Waals surface area contributed by atoms with Gasteiger partial charge in [-0.1, -0.05) is 24.3 Å². The first kappa shape index (κ1) is 20.7. The predicted molar refractivity (Wildman–Crippen MR) is 125 cm³/mol. The van der Waals surface area contributed by atoms with Gasteiger partial charge in [-0.15, -0.1) is 11.8 Å². The molecule has 2 aromatic carbocycles. The van der Waals surface area contributed by atoms with E-state index in [-0.39, 0.29) is 11.8 Å². The van der Waals surface area contributed by atoms with Gasteiger partial charge < -0.3 is 15.0 Å². The second-order valence-electron chi connectivity index (χ2n) is 7.15. The van der Waals surface area contributed by atoms with Gasteiger partial charge in [-0.3, -0.25) is 9.59 Å². The Kier molecular flexibility index (Phi) is 6.04. The van der Waals surface area contributed by atoms with Crippen molar-refractivity contribution in [2.75, 3.05) is 10.6 Å². The van der Waals surface area contributed by atoms with Crippen molar-refractivity contribution < 1.29 is 9.59 Å². The standard InChI is InChI=1S/C24H22N4O2S/c1-16-10-11-18(13-21(16)25-17(2)29)27-24(30)20-7-3-4-8-22(20)31-15-19-14-28-12-6-5-9-23(28)26-19/h3-14H,15H2,1-2H3,(H,25,29)(H,27,30). The van der Waals surface area contributed by atoms with Crippen LogP contribution in [0.1, 0.15) is 28.5 Å². The summed E-state index contributed by atoms with van der Waals surface area (Å²) in [5.74, 6) is 0.305. The second-order valence-corrected chi connectivity index (χ2v) is 8.17. The van der Waals surface area contributed by atoms with Gasteiger partial charge in [-0.25, -0.2) is 4.98 Å². The van der Waals surface area contributed by atoms with Crippen LogP contribution in [0, 0.1) is 6.92 Å². The highest BCUT2D eigenvalue weighted by atomic mass is 32.2. The van der Waals surface area contributed by atoms with Crippen LogP contribution in [0.3, 0.4) is 0 Å². The summed E-state index contributed by atoms with van der Waals surface area (Å²) in [6, 6.07) is 18.9. The molecule has 4 aromatic rings. The third-order valence-corrected chi connectivity index (χ3v) is 5.83. The number of pyridine rings is 1. The lowest BCUT2D eigenvalue weighted by Gasteiger charge is -2.12. The van der Waals surface area contributed by atoms with Crippen molar-refractivity contribution in [1.29, 1.82) is 0 Å². The minimum Gasteiger partial charge on any atom is -0.326 e. The maximum absolute atomic E-state index is 13.0. The van der Waals surface area contributed by atoms with Crippen LogP contribution in [0.5, 0.6) is 0 Å². The first-order valence-electron chi connectivity index (χ1n) is 9.83. The van der Waals surface area contributed by atoms with Crippen molar-refractivity contribution in [2.24, 2.45) is 0 Å². The molecule has 0 bridgehead atoms. The van der Waals surface area contributed by atoms with E-state index in [1.54, 1.807) is 17.8 Å². The van der Waals surface area contributed by atoms with Gasteiger partial charge in [0.1, 0.15) is 5.65 Å². The van der Waals surface area contributed by atoms with E-state index >= 15 is 0 Å². The number of nitrogens with zero attached hydrogens (tertiary/aromatic N) is 2. The number of imidazole rings is 1. The van der Waals surface area contributed by atoms with Crippen LogP contribution < -0.4 is 10.6 Å². The van der Waals surface area contributed by atoms with Crippen LogP contribution in [-0.2, 0) is 10.5 Å². The van der Waals surface area contributed by atoms with Gasteiger partial charge in [0.15, 0.2) is 0 Å². The van der Waals surface area contributed by atoms with Crippen LogP contribution in [0.25, 0.3) is 5.65 Å². The Bertz CT molecular complexity index is 1230. The number of carbonyl (C=O) groups excluding carboxylic acids is 2. The van der Waals surface area contributed by atoms with Crippen molar-refractivity contribution in [3.63, 3.8) is 0 Å². The van der Waals surface area contributed by atoms with Crippen LogP contribution in [-0.4, -0.2) is 21.2 Å². The van der Waals surface area contributed by atoms with Gasteiger partial charge >= 0.3 is 0 Å². The molecule has 0 aliphatic rings. The summed E-state index contributed by atoms with van der Waals surface area (Å²) in [6.45, 7) is 3.36. The fourth-order valence-electron chi connectivity index (χ4n) is 3.21. The number of aryl methyl sites for hydroxylation is 1. The highest BCUT2D eigenvalue weighted by Gasteiger charge is 2.13. The average molecular weight is 431 g/mol. The van der Waals surface area contributed by atoms with Gasteiger partial charge in [0, 0.05) is 41.3 Å². The summed E-state index contributed by atoms with van der Waals surface area (Å²) in [5, 5.41) is 5.72. The molecule has 156 valence electrons. The molecule has 31 heavy (non-hydrogen) atoms. The van der Waals surface area contributed by atoms with E-state index < -0.39 is 0 Å². The SMILES string of the molecule is CC(=O)Nc1cc(NC(=O)c2ccccc2SCc2cn3ccccc3n2)ccc1C. The Morgan fingerprint density at radius 2 is 1.84 bits per heavy atom. The Balaban J connectivity index is 1.50. The van der Waals surface area contributed by atoms with Crippen molar-refractivity contribution in [3.8, 4) is 0 Å². The molecule has 0 fully saturated rings. The molecule has 2 aromatic heterocycles. The molecule has 0 atom stereocenters. The summed E-state index contributed by atoms with van der Waals surface area (Å²) in [7, 11) is 0. The number of hydrogen-bond donors (Lipinski definition) is 2. The van der Waals surface area contributed by atoms with Gasteiger partial charge in [0.25, 0.3) is 5.91 Å². The Hall–Kier alpha value is -3.58. The molecule has 2 N–H and O–H groups in total. The number of benzene rings is 2. The first-order chi connectivity index (χ1) is 15.0. The predicted octanol–water partition coefficient (Wildman–Crippen LogP) is 5.15. The Labute approximate surface area is 184 Å². The third-order valence-electron chi connectivity index (χ3n) is 4.73. The molecule has 0 aliphatic heterocycles. The molecule has 2 amide bonds. The van der Waals surface area contributed by atoms with Crippen LogP contribution >= 0.6 is 11.8 Å². The van der Waals surface area contributed by atoms with E-state index in [9.17, 15) is 9.59 Å². The zero-order valence-corrected chi connectivity index (χ0v) is 18.1. The molecule has 2 heterocycles. The number of nitrogens with one attached hydrogen (secondary N) is 2. The van der Waals surface area contributed by atoms with Crippen LogP contribution in [0.4, 0.5) is 11.4 Å². The molecular weight excluding hydrogens is 408 g/mol. The number of amides is 2. The number of aromatic nitrogens is 2. The minimum absolute atomic E-state index is 0.153. The number of rotatable bonds is 6. The van der Waals surface area contributed by atoms with E-state index in [0.717, 1.165) is 21.8 Å². The summed E-state index contributed by atoms with van der Waals surface area (Å²) in [6.07, 6.45) is 3.97. The molecule has 4 rings (SSSR count). The number of fused-ring (bicyclic) bond motifs is 1. The zero-order valence-electron chi connectivity index (χ0n) is 17.3. The van der Waals surface area contributed by atoms with E-state index in [2.05, 4.69) is 15.6 Å². The number of carbonyl (C=O) groups is 2. The van der Waals surface area contributed by atoms with Crippen LogP contribution in [0.2, 0.25) is 0 Å². The zero-order chi connectivity index (χ0) is 21.8. The molecule has 0 spiro atoms. The molecule has 0 saturated carbocycles. The molecule has 6 nitrogen and oxygen atoms in total. The van der Waals surface area contributed by atoms with Gasteiger partial charge in [0.2, 0.25) is 5.91 Å². The summed E-state index contributed by atoms with van der Waals surface area (Å²) >= 11 is 1.57. The lowest BCUT2D eigenvalue weighted by molar-refractivity contribution is -0.114. The fourth-order valence-corrected chi connectivity index (χ4v) is 4.14. The quantitative estimate of drug-likeness (QED) is 0.415. The molecule has 0 unspecified atom stereocenters. The van der Waals surface area contributed by atoms with Gasteiger partial charge in [-0.2, -0.15) is 0 Å². The maximum atomic E-state index is 13.0. The average Bonchev–Trinajstić information content (AvgIpc) is 3.17. The lowest BCUT2D eigenvalue weighted by atomic mass is 10.1. The van der Waals surface area contributed by atoms with E-state index in [1.165, 1.54) is 6.92 Å². The normalized spacial score (nSPS) is 10.8. The fraction of sp³-hybridized carbons (Fsp3) is 0.125. The van der Waals surface area contributed by atoms with Crippen molar-refractivity contribution in [2.45, 2.75) is 24.5 Å². The molecule has 0 radical (unpaired) electrons. The number of thioether (sulfide) groups is 1. The maximum Gasteiger partial charge on any atom is 0.256 e. The highest BCUT2D eigenvalue weighted by Crippen LogP contribution is 2.27. The van der Waals surface area contributed by atoms with E-state index in [0.29, 0.717) is 22.7 Å². The third kappa shape index (κ3) is 4.95. The van der Waals surface area contributed by atoms with Crippen molar-refractivity contribution in [3.05, 3.63) is 89.9 Å². The summed E-state index contributed by atoms with van der Waals surface area (Å²) in [5.41, 5.74) is 4.68. The second kappa shape index (κ2) is 9.06. The van der Waals surface area contributed by atoms with E-state index in [1.807, 2.05) is 78.3 Å². The smallest absolute Gasteiger partial charge is 0.256 e. The number of anilines is 2. The lowest BCUT2D eigenvalue weighted by Crippen LogP contribution is -2.14. The Morgan fingerprint density at radius 1 is 1.03 bits per heavy atom. The van der Waals surface area contributed by atoms with Gasteiger partial charge in [-0.05, 0) is 48.9 Å². The first-order valence-corrected chi connectivity index (χ1v) is 10.8. The largest absolute Gasteiger partial charge is 0.326 e. The number of hydrogen-bond acceptors (Lipinski definition) is 4. The monoisotopic (exact) mass is 430 g/mol. The molecular formula is C24H22N4O2S. The summed E-state index contributed by atoms with van der Waals surface area (Å²) in [4.78, 5) is 29.9. The molecule has 0 saturated heterocycles. The Morgan fingerprint density at radius 3 is 2.65 bits per heavy atom. The van der Waals surface area contributed by atoms with Crippen LogP contribution in [0.15, 0.2) is 78.0 Å². The van der Waals surface area contributed by atoms with E-state index in [4.69, 9.17) is 0 Å². The topological polar surface area (TPSA) is 75.5 Å². The summed E-state index contributed by atoms with van der Waals surface area (Å²) < 4.78 is 1.98. The highest BCUT2D eigenvalue weighted by molar-refractivity contribution is 7.98. The minimum atomic E-state index is -0.198. The molecule has 0 aliphatic carbocycles. The van der Waals surface area contributed by atoms with Gasteiger partial charge in [0.05, 0.1) is 11.3 Å². The van der Waals surface area contributed by atoms with Crippen molar-refractivity contribution >= 4 is 40.6 Å².